The van der Waals surface area contributed by atoms with Crippen molar-refractivity contribution in [2.45, 2.75) is 45.6 Å². The first-order valence-corrected chi connectivity index (χ1v) is 11.1. The van der Waals surface area contributed by atoms with E-state index >= 15 is 0 Å². The summed E-state index contributed by atoms with van der Waals surface area (Å²) in [4.78, 5) is 7.21. The number of nitrogens with zero attached hydrogens (tertiary/aromatic N) is 2. The molecule has 0 fully saturated rings. The van der Waals surface area contributed by atoms with Crippen LogP contribution in [0.1, 0.15) is 51.2 Å². The summed E-state index contributed by atoms with van der Waals surface area (Å²) in [7, 11) is 0. The van der Waals surface area contributed by atoms with Crippen molar-refractivity contribution in [3.8, 4) is 11.3 Å². The summed E-state index contributed by atoms with van der Waals surface area (Å²) < 4.78 is 0. The molecule has 29 heavy (non-hydrogen) atoms. The van der Waals surface area contributed by atoms with Crippen LogP contribution in [0.2, 0.25) is 5.02 Å². The molecular formula is C25H31ClN2O. The Morgan fingerprint density at radius 2 is 1.66 bits per heavy atom. The summed E-state index contributed by atoms with van der Waals surface area (Å²) in [6, 6.07) is 17.9. The molecule has 0 amide bonds. The minimum Gasteiger partial charge on any atom is -0.387 e. The van der Waals surface area contributed by atoms with Gasteiger partial charge in [0.15, 0.2) is 0 Å². The van der Waals surface area contributed by atoms with E-state index in [2.05, 4.69) is 30.9 Å². The lowest BCUT2D eigenvalue weighted by molar-refractivity contribution is 0.112. The lowest BCUT2D eigenvalue weighted by Gasteiger charge is -2.26. The maximum absolute atomic E-state index is 11.2. The van der Waals surface area contributed by atoms with Gasteiger partial charge in [0.1, 0.15) is 0 Å². The van der Waals surface area contributed by atoms with Gasteiger partial charge in [-0.1, -0.05) is 68.6 Å². The monoisotopic (exact) mass is 410 g/mol. The van der Waals surface area contributed by atoms with Gasteiger partial charge in [0.25, 0.3) is 0 Å². The highest BCUT2D eigenvalue weighted by Gasteiger charge is 2.18. The van der Waals surface area contributed by atoms with Crippen molar-refractivity contribution < 1.29 is 5.11 Å². The Morgan fingerprint density at radius 1 is 0.966 bits per heavy atom. The van der Waals surface area contributed by atoms with Crippen LogP contribution in [-0.4, -0.2) is 34.6 Å². The Kier molecular flexibility index (Phi) is 8.05. The molecule has 0 saturated heterocycles. The molecule has 0 aliphatic carbocycles. The summed E-state index contributed by atoms with van der Waals surface area (Å²) in [6.45, 7) is 7.07. The third-order valence-corrected chi connectivity index (χ3v) is 5.55. The lowest BCUT2D eigenvalue weighted by atomic mass is 9.99. The molecule has 0 aliphatic rings. The van der Waals surface area contributed by atoms with Crippen LogP contribution in [0.3, 0.4) is 0 Å². The van der Waals surface area contributed by atoms with Gasteiger partial charge in [-0.15, -0.1) is 0 Å². The highest BCUT2D eigenvalue weighted by Crippen LogP contribution is 2.31. The van der Waals surface area contributed by atoms with Crippen LogP contribution in [0, 0.1) is 0 Å². The molecule has 1 unspecified atom stereocenters. The normalized spacial score (nSPS) is 12.6. The fourth-order valence-corrected chi connectivity index (χ4v) is 3.83. The van der Waals surface area contributed by atoms with Gasteiger partial charge in [-0.25, -0.2) is 4.98 Å². The summed E-state index contributed by atoms with van der Waals surface area (Å²) in [5.74, 6) is 0. The van der Waals surface area contributed by atoms with Crippen LogP contribution < -0.4 is 0 Å². The molecule has 0 radical (unpaired) electrons. The van der Waals surface area contributed by atoms with E-state index in [9.17, 15) is 5.11 Å². The first-order valence-electron chi connectivity index (χ1n) is 10.7. The van der Waals surface area contributed by atoms with Gasteiger partial charge in [0.2, 0.25) is 0 Å². The number of benzene rings is 2. The smallest absolute Gasteiger partial charge is 0.0924 e. The zero-order valence-electron chi connectivity index (χ0n) is 17.4. The van der Waals surface area contributed by atoms with Crippen LogP contribution in [-0.2, 0) is 0 Å². The average Bonchev–Trinajstić information content (AvgIpc) is 2.75. The number of aromatic nitrogens is 1. The number of rotatable bonds is 10. The SMILES string of the molecule is CCCCN(CCCC)CC(O)c1cc(-c2ccccc2)nc2ccc(Cl)cc12. The largest absolute Gasteiger partial charge is 0.387 e. The maximum Gasteiger partial charge on any atom is 0.0924 e. The minimum atomic E-state index is -0.588. The van der Waals surface area contributed by atoms with Gasteiger partial charge in [-0.2, -0.15) is 0 Å². The van der Waals surface area contributed by atoms with Crippen molar-refractivity contribution in [2.24, 2.45) is 0 Å². The van der Waals surface area contributed by atoms with Gasteiger partial charge in [0.05, 0.1) is 17.3 Å². The van der Waals surface area contributed by atoms with Crippen molar-refractivity contribution in [1.82, 2.24) is 9.88 Å². The number of hydrogen-bond donors (Lipinski definition) is 1. The van der Waals surface area contributed by atoms with E-state index in [1.54, 1.807) is 0 Å². The average molecular weight is 411 g/mol. The zero-order valence-corrected chi connectivity index (χ0v) is 18.2. The van der Waals surface area contributed by atoms with Crippen molar-refractivity contribution in [1.29, 1.82) is 0 Å². The second kappa shape index (κ2) is 10.7. The van der Waals surface area contributed by atoms with Crippen molar-refractivity contribution in [3.05, 3.63) is 65.2 Å². The van der Waals surface area contributed by atoms with Crippen molar-refractivity contribution in [3.63, 3.8) is 0 Å². The summed E-state index contributed by atoms with van der Waals surface area (Å²) in [5, 5.41) is 12.8. The third kappa shape index (κ3) is 5.79. The van der Waals surface area contributed by atoms with E-state index in [0.29, 0.717) is 11.6 Å². The molecule has 1 atom stereocenters. The van der Waals surface area contributed by atoms with Crippen LogP contribution in [0.25, 0.3) is 22.2 Å². The molecular weight excluding hydrogens is 380 g/mol. The molecule has 4 heteroatoms. The fourth-order valence-electron chi connectivity index (χ4n) is 3.66. The highest BCUT2D eigenvalue weighted by molar-refractivity contribution is 6.31. The van der Waals surface area contributed by atoms with Crippen LogP contribution >= 0.6 is 11.6 Å². The molecule has 1 N–H and O–H groups in total. The summed E-state index contributed by atoms with van der Waals surface area (Å²) in [6.07, 6.45) is 4.02. The highest BCUT2D eigenvalue weighted by atomic mass is 35.5. The van der Waals surface area contributed by atoms with Crippen LogP contribution in [0.15, 0.2) is 54.6 Å². The standard InChI is InChI=1S/C25H31ClN2O/c1-3-5-14-28(15-6-4-2)18-25(29)22-17-24(19-10-8-7-9-11-19)27-23-13-12-20(26)16-21(22)23/h7-13,16-17,25,29H,3-6,14-15,18H2,1-2H3. The molecule has 3 aromatic rings. The van der Waals surface area contributed by atoms with Gasteiger partial charge in [-0.3, -0.25) is 0 Å². The predicted molar refractivity (Wildman–Crippen MR) is 123 cm³/mol. The number of pyridine rings is 1. The first-order chi connectivity index (χ1) is 14.1. The summed E-state index contributed by atoms with van der Waals surface area (Å²) >= 11 is 6.28. The molecule has 3 nitrogen and oxygen atoms in total. The Balaban J connectivity index is 1.97. The van der Waals surface area contributed by atoms with Crippen LogP contribution in [0.5, 0.6) is 0 Å². The first kappa shape index (κ1) is 21.8. The Labute approximate surface area is 179 Å². The molecule has 1 aromatic heterocycles. The molecule has 0 spiro atoms. The molecule has 0 aliphatic heterocycles. The molecule has 2 aromatic carbocycles. The Bertz CT molecular complexity index is 905. The topological polar surface area (TPSA) is 36.4 Å². The second-order valence-corrected chi connectivity index (χ2v) is 8.08. The zero-order chi connectivity index (χ0) is 20.6. The molecule has 154 valence electrons. The molecule has 3 rings (SSSR count). The number of hydrogen-bond acceptors (Lipinski definition) is 3. The van der Waals surface area contributed by atoms with Crippen molar-refractivity contribution >= 4 is 22.5 Å². The summed E-state index contributed by atoms with van der Waals surface area (Å²) in [5.41, 5.74) is 3.68. The Morgan fingerprint density at radius 3 is 2.31 bits per heavy atom. The van der Waals surface area contributed by atoms with Gasteiger partial charge >= 0.3 is 0 Å². The van der Waals surface area contributed by atoms with Crippen LogP contribution in [0.4, 0.5) is 0 Å². The number of aliphatic hydroxyl groups excluding tert-OH is 1. The minimum absolute atomic E-state index is 0.588. The number of fused-ring (bicyclic) bond motifs is 1. The van der Waals surface area contributed by atoms with E-state index in [-0.39, 0.29) is 0 Å². The van der Waals surface area contributed by atoms with Gasteiger partial charge in [0, 0.05) is 22.5 Å². The Hall–Kier alpha value is -1.94. The molecule has 0 bridgehead atoms. The van der Waals surface area contributed by atoms with Gasteiger partial charge in [-0.05, 0) is 55.8 Å². The lowest BCUT2D eigenvalue weighted by Crippen LogP contribution is -2.31. The van der Waals surface area contributed by atoms with E-state index in [1.807, 2.05) is 42.5 Å². The number of aliphatic hydroxyl groups is 1. The van der Waals surface area contributed by atoms with E-state index in [1.165, 1.54) is 0 Å². The maximum atomic E-state index is 11.2. The van der Waals surface area contributed by atoms with Crippen molar-refractivity contribution in [2.75, 3.05) is 19.6 Å². The second-order valence-electron chi connectivity index (χ2n) is 7.65. The number of unbranched alkanes of at least 4 members (excludes halogenated alkanes) is 2. The van der Waals surface area contributed by atoms with E-state index in [4.69, 9.17) is 16.6 Å². The quantitative estimate of drug-likeness (QED) is 0.415. The van der Waals surface area contributed by atoms with E-state index in [0.717, 1.165) is 66.5 Å². The number of halogens is 1. The predicted octanol–water partition coefficient (Wildman–Crippen LogP) is 6.49. The molecule has 1 heterocycles. The van der Waals surface area contributed by atoms with E-state index < -0.39 is 6.10 Å². The van der Waals surface area contributed by atoms with Gasteiger partial charge < -0.3 is 10.0 Å². The molecule has 0 saturated carbocycles. The third-order valence-electron chi connectivity index (χ3n) is 5.32. The fraction of sp³-hybridized carbons (Fsp3) is 0.400.